The number of nitrogens with zero attached hydrogens (tertiary/aromatic N) is 2. The van der Waals surface area contributed by atoms with Gasteiger partial charge in [-0.1, -0.05) is 12.1 Å². The largest absolute Gasteiger partial charge is 0.497 e. The van der Waals surface area contributed by atoms with E-state index in [0.717, 1.165) is 38.4 Å². The molecule has 3 rings (SSSR count). The molecule has 0 saturated carbocycles. The number of rotatable bonds is 5. The highest BCUT2D eigenvalue weighted by Crippen LogP contribution is 2.25. The first-order valence-electron chi connectivity index (χ1n) is 7.72. The lowest BCUT2D eigenvalue weighted by molar-refractivity contribution is -0.0296. The van der Waals surface area contributed by atoms with Crippen LogP contribution in [0.4, 0.5) is 0 Å². The molecule has 1 aliphatic heterocycles. The lowest BCUT2D eigenvalue weighted by atomic mass is 10.1. The number of hydrogen-bond donors (Lipinski definition) is 0. The summed E-state index contributed by atoms with van der Waals surface area (Å²) in [6.45, 7) is 3.75. The van der Waals surface area contributed by atoms with Gasteiger partial charge in [0.1, 0.15) is 5.75 Å². The lowest BCUT2D eigenvalue weighted by Gasteiger charge is -2.33. The van der Waals surface area contributed by atoms with E-state index in [2.05, 4.69) is 34.1 Å². The molecule has 22 heavy (non-hydrogen) atoms. The van der Waals surface area contributed by atoms with Crippen LogP contribution in [0.1, 0.15) is 17.2 Å². The summed E-state index contributed by atoms with van der Waals surface area (Å²) in [6, 6.07) is 12.3. The SMILES string of the molecule is COc1cccc([C@@H]2CN(CCc3ccncc3)CCO2)c1. The van der Waals surface area contributed by atoms with Gasteiger partial charge in [0.25, 0.3) is 0 Å². The van der Waals surface area contributed by atoms with Crippen molar-refractivity contribution in [2.45, 2.75) is 12.5 Å². The van der Waals surface area contributed by atoms with Crippen LogP contribution in [0.2, 0.25) is 0 Å². The highest BCUT2D eigenvalue weighted by molar-refractivity contribution is 5.30. The van der Waals surface area contributed by atoms with Gasteiger partial charge in [-0.2, -0.15) is 0 Å². The van der Waals surface area contributed by atoms with Crippen molar-refractivity contribution < 1.29 is 9.47 Å². The second-order valence-corrected chi connectivity index (χ2v) is 5.54. The van der Waals surface area contributed by atoms with Gasteiger partial charge in [0.2, 0.25) is 0 Å². The highest BCUT2D eigenvalue weighted by atomic mass is 16.5. The second-order valence-electron chi connectivity index (χ2n) is 5.54. The molecule has 4 heteroatoms. The van der Waals surface area contributed by atoms with Gasteiger partial charge < -0.3 is 9.47 Å². The average Bonchev–Trinajstić information content (AvgIpc) is 2.61. The Morgan fingerprint density at radius 3 is 2.95 bits per heavy atom. The molecular formula is C18H22N2O2. The van der Waals surface area contributed by atoms with Crippen LogP contribution in [0.15, 0.2) is 48.8 Å². The monoisotopic (exact) mass is 298 g/mol. The fourth-order valence-corrected chi connectivity index (χ4v) is 2.79. The summed E-state index contributed by atoms with van der Waals surface area (Å²) in [4.78, 5) is 6.53. The molecule has 0 radical (unpaired) electrons. The van der Waals surface area contributed by atoms with Crippen LogP contribution in [-0.4, -0.2) is 43.2 Å². The normalized spacial score (nSPS) is 19.0. The Morgan fingerprint density at radius 1 is 1.27 bits per heavy atom. The third-order valence-electron chi connectivity index (χ3n) is 4.08. The zero-order valence-corrected chi connectivity index (χ0v) is 12.9. The molecule has 0 N–H and O–H groups in total. The van der Waals surface area contributed by atoms with Crippen LogP contribution in [0, 0.1) is 0 Å². The zero-order chi connectivity index (χ0) is 15.2. The quantitative estimate of drug-likeness (QED) is 0.850. The van der Waals surface area contributed by atoms with Crippen LogP contribution in [0.25, 0.3) is 0 Å². The van der Waals surface area contributed by atoms with Crippen molar-refractivity contribution in [3.63, 3.8) is 0 Å². The van der Waals surface area contributed by atoms with Crippen LogP contribution < -0.4 is 4.74 Å². The van der Waals surface area contributed by atoms with Crippen LogP contribution in [0.3, 0.4) is 0 Å². The molecule has 0 amide bonds. The Bertz CT molecular complexity index is 589. The summed E-state index contributed by atoms with van der Waals surface area (Å²) < 4.78 is 11.2. The van der Waals surface area contributed by atoms with Crippen molar-refractivity contribution in [3.05, 3.63) is 59.9 Å². The highest BCUT2D eigenvalue weighted by Gasteiger charge is 2.22. The Hall–Kier alpha value is -1.91. The zero-order valence-electron chi connectivity index (χ0n) is 12.9. The van der Waals surface area contributed by atoms with Gasteiger partial charge >= 0.3 is 0 Å². The van der Waals surface area contributed by atoms with Gasteiger partial charge in [-0.25, -0.2) is 0 Å². The van der Waals surface area contributed by atoms with Crippen molar-refractivity contribution in [1.29, 1.82) is 0 Å². The summed E-state index contributed by atoms with van der Waals surface area (Å²) in [6.07, 6.45) is 4.88. The van der Waals surface area contributed by atoms with E-state index in [4.69, 9.17) is 9.47 Å². The Labute approximate surface area is 131 Å². The van der Waals surface area contributed by atoms with Crippen LogP contribution in [0.5, 0.6) is 5.75 Å². The molecule has 1 aromatic heterocycles. The summed E-state index contributed by atoms with van der Waals surface area (Å²) in [5.74, 6) is 0.884. The molecule has 2 aromatic rings. The van der Waals surface area contributed by atoms with Crippen molar-refractivity contribution in [2.24, 2.45) is 0 Å². The first-order valence-corrected chi connectivity index (χ1v) is 7.72. The van der Waals surface area contributed by atoms with E-state index in [-0.39, 0.29) is 6.10 Å². The third kappa shape index (κ3) is 3.84. The number of methoxy groups -OCH3 is 1. The maximum atomic E-state index is 5.94. The van der Waals surface area contributed by atoms with E-state index >= 15 is 0 Å². The predicted molar refractivity (Wildman–Crippen MR) is 86.1 cm³/mol. The number of morpholine rings is 1. The molecule has 1 aliphatic rings. The fraction of sp³-hybridized carbons (Fsp3) is 0.389. The number of benzene rings is 1. The number of hydrogen-bond acceptors (Lipinski definition) is 4. The van der Waals surface area contributed by atoms with E-state index < -0.39 is 0 Å². The van der Waals surface area contributed by atoms with Crippen molar-refractivity contribution in [3.8, 4) is 5.75 Å². The van der Waals surface area contributed by atoms with Gasteiger partial charge in [0.05, 0.1) is 19.8 Å². The smallest absolute Gasteiger partial charge is 0.119 e. The van der Waals surface area contributed by atoms with Gasteiger partial charge in [0.15, 0.2) is 0 Å². The van der Waals surface area contributed by atoms with Gasteiger partial charge in [-0.15, -0.1) is 0 Å². The Kier molecular flexibility index (Phi) is 5.03. The fourth-order valence-electron chi connectivity index (χ4n) is 2.79. The summed E-state index contributed by atoms with van der Waals surface area (Å²) >= 11 is 0. The molecule has 0 spiro atoms. The van der Waals surface area contributed by atoms with E-state index in [9.17, 15) is 0 Å². The van der Waals surface area contributed by atoms with Crippen LogP contribution in [-0.2, 0) is 11.2 Å². The topological polar surface area (TPSA) is 34.6 Å². The summed E-state index contributed by atoms with van der Waals surface area (Å²) in [5.41, 5.74) is 2.52. The Balaban J connectivity index is 1.59. The minimum absolute atomic E-state index is 0.126. The van der Waals surface area contributed by atoms with Crippen molar-refractivity contribution in [2.75, 3.05) is 33.4 Å². The second kappa shape index (κ2) is 7.38. The molecule has 1 fully saturated rings. The summed E-state index contributed by atoms with van der Waals surface area (Å²) in [5, 5.41) is 0. The number of aromatic nitrogens is 1. The molecule has 0 bridgehead atoms. The Morgan fingerprint density at radius 2 is 2.14 bits per heavy atom. The maximum Gasteiger partial charge on any atom is 0.119 e. The predicted octanol–water partition coefficient (Wildman–Crippen LogP) is 2.71. The lowest BCUT2D eigenvalue weighted by Crippen LogP contribution is -2.39. The minimum Gasteiger partial charge on any atom is -0.497 e. The average molecular weight is 298 g/mol. The van der Waals surface area contributed by atoms with Crippen molar-refractivity contribution in [1.82, 2.24) is 9.88 Å². The van der Waals surface area contributed by atoms with Gasteiger partial charge in [-0.05, 0) is 41.8 Å². The van der Waals surface area contributed by atoms with E-state index in [1.54, 1.807) is 7.11 Å². The van der Waals surface area contributed by atoms with E-state index in [1.807, 2.05) is 24.5 Å². The number of pyridine rings is 1. The van der Waals surface area contributed by atoms with E-state index in [1.165, 1.54) is 11.1 Å². The molecule has 0 unspecified atom stereocenters. The first-order chi connectivity index (χ1) is 10.8. The first kappa shape index (κ1) is 15.0. The maximum absolute atomic E-state index is 5.94. The summed E-state index contributed by atoms with van der Waals surface area (Å²) in [7, 11) is 1.70. The van der Waals surface area contributed by atoms with Crippen molar-refractivity contribution >= 4 is 0 Å². The standard InChI is InChI=1S/C18H22N2O2/c1-21-17-4-2-3-16(13-17)18-14-20(11-12-22-18)10-7-15-5-8-19-9-6-15/h2-6,8-9,13,18H,7,10-12,14H2,1H3/t18-/m0/s1. The number of ether oxygens (including phenoxy) is 2. The van der Waals surface area contributed by atoms with Gasteiger partial charge in [0, 0.05) is 32.0 Å². The molecule has 1 aromatic carbocycles. The molecule has 0 aliphatic carbocycles. The minimum atomic E-state index is 0.126. The third-order valence-corrected chi connectivity index (χ3v) is 4.08. The molecule has 4 nitrogen and oxygen atoms in total. The molecule has 1 saturated heterocycles. The molecule has 2 heterocycles. The molecular weight excluding hydrogens is 276 g/mol. The van der Waals surface area contributed by atoms with Crippen LogP contribution >= 0.6 is 0 Å². The molecule has 116 valence electrons. The van der Waals surface area contributed by atoms with E-state index in [0.29, 0.717) is 0 Å². The molecule has 1 atom stereocenters. The van der Waals surface area contributed by atoms with Gasteiger partial charge in [-0.3, -0.25) is 9.88 Å².